The molecule has 5 nitrogen and oxygen atoms in total. The van der Waals surface area contributed by atoms with E-state index in [1.54, 1.807) is 42.5 Å². The van der Waals surface area contributed by atoms with Crippen LogP contribution in [-0.4, -0.2) is 22.2 Å². The Morgan fingerprint density at radius 3 is 2.50 bits per heavy atom. The van der Waals surface area contributed by atoms with Gasteiger partial charge >= 0.3 is 0 Å². The number of phenols is 1. The average Bonchev–Trinajstić information content (AvgIpc) is 2.57. The first-order chi connectivity index (χ1) is 11.5. The Morgan fingerprint density at radius 2 is 1.88 bits per heavy atom. The molecule has 0 aliphatic rings. The van der Waals surface area contributed by atoms with Gasteiger partial charge in [-0.15, -0.1) is 0 Å². The summed E-state index contributed by atoms with van der Waals surface area (Å²) in [6, 6.07) is 13.5. The summed E-state index contributed by atoms with van der Waals surface area (Å²) in [4.78, 5) is 12.2. The van der Waals surface area contributed by atoms with Gasteiger partial charge in [0.25, 0.3) is 5.91 Å². The zero-order valence-electron chi connectivity index (χ0n) is 13.6. The van der Waals surface area contributed by atoms with Gasteiger partial charge in [0.15, 0.2) is 5.11 Å². The van der Waals surface area contributed by atoms with Crippen molar-refractivity contribution in [3.63, 3.8) is 0 Å². The van der Waals surface area contributed by atoms with Crippen molar-refractivity contribution < 1.29 is 14.6 Å². The van der Waals surface area contributed by atoms with E-state index in [1.165, 1.54) is 6.07 Å². The van der Waals surface area contributed by atoms with Gasteiger partial charge in [-0.3, -0.25) is 10.1 Å². The largest absolute Gasteiger partial charge is 0.506 e. The van der Waals surface area contributed by atoms with Crippen LogP contribution < -0.4 is 15.4 Å². The molecule has 24 heavy (non-hydrogen) atoms. The van der Waals surface area contributed by atoms with Gasteiger partial charge < -0.3 is 15.2 Å². The average molecular weight is 344 g/mol. The van der Waals surface area contributed by atoms with E-state index in [9.17, 15) is 9.90 Å². The number of benzene rings is 2. The highest BCUT2D eigenvalue weighted by Crippen LogP contribution is 2.21. The first-order valence-electron chi connectivity index (χ1n) is 7.66. The number of carbonyl (C=O) groups excluding carboxylic acids is 1. The van der Waals surface area contributed by atoms with Crippen molar-refractivity contribution in [2.24, 2.45) is 0 Å². The standard InChI is InChI=1S/C18H20N2O3S/c1-3-12(2)23-14-10-8-13(9-11-14)17(22)20-18(24)19-15-6-4-5-7-16(15)21/h4-12,21H,3H2,1-2H3,(H2,19,20,22,24). The highest BCUT2D eigenvalue weighted by molar-refractivity contribution is 7.80. The van der Waals surface area contributed by atoms with Crippen molar-refractivity contribution in [1.29, 1.82) is 0 Å². The lowest BCUT2D eigenvalue weighted by Crippen LogP contribution is -2.34. The summed E-state index contributed by atoms with van der Waals surface area (Å²) in [5, 5.41) is 15.2. The minimum absolute atomic E-state index is 0.0562. The van der Waals surface area contributed by atoms with E-state index in [1.807, 2.05) is 13.8 Å². The molecule has 2 aromatic rings. The maximum Gasteiger partial charge on any atom is 0.257 e. The van der Waals surface area contributed by atoms with Crippen molar-refractivity contribution >= 4 is 28.9 Å². The SMILES string of the molecule is CCC(C)Oc1ccc(C(=O)NC(=S)Nc2ccccc2O)cc1. The van der Waals surface area contributed by atoms with Crippen molar-refractivity contribution in [3.05, 3.63) is 54.1 Å². The zero-order valence-corrected chi connectivity index (χ0v) is 14.4. The van der Waals surface area contributed by atoms with Crippen LogP contribution in [-0.2, 0) is 0 Å². The second kappa shape index (κ2) is 8.31. The fraction of sp³-hybridized carbons (Fsp3) is 0.222. The number of carbonyl (C=O) groups is 1. The van der Waals surface area contributed by atoms with Crippen molar-refractivity contribution in [2.45, 2.75) is 26.4 Å². The number of ether oxygens (including phenoxy) is 1. The minimum atomic E-state index is -0.335. The maximum absolute atomic E-state index is 12.2. The third-order valence-corrected chi connectivity index (χ3v) is 3.61. The second-order valence-electron chi connectivity index (χ2n) is 5.29. The van der Waals surface area contributed by atoms with Gasteiger partial charge in [0.2, 0.25) is 0 Å². The zero-order chi connectivity index (χ0) is 17.5. The quantitative estimate of drug-likeness (QED) is 0.570. The molecule has 1 amide bonds. The third-order valence-electron chi connectivity index (χ3n) is 3.41. The van der Waals surface area contributed by atoms with Crippen LogP contribution in [0.3, 0.4) is 0 Å². The maximum atomic E-state index is 12.2. The lowest BCUT2D eigenvalue weighted by atomic mass is 10.2. The van der Waals surface area contributed by atoms with Gasteiger partial charge in [-0.1, -0.05) is 19.1 Å². The number of nitrogens with one attached hydrogen (secondary N) is 2. The van der Waals surface area contributed by atoms with Crippen LogP contribution >= 0.6 is 12.2 Å². The van der Waals surface area contributed by atoms with Gasteiger partial charge in [-0.25, -0.2) is 0 Å². The molecule has 0 aliphatic heterocycles. The predicted octanol–water partition coefficient (Wildman–Crippen LogP) is 3.70. The summed E-state index contributed by atoms with van der Waals surface area (Å²) in [5.74, 6) is 0.439. The van der Waals surface area contributed by atoms with E-state index in [-0.39, 0.29) is 22.9 Å². The van der Waals surface area contributed by atoms with E-state index in [0.29, 0.717) is 11.3 Å². The molecule has 0 radical (unpaired) electrons. The van der Waals surface area contributed by atoms with Crippen LogP contribution in [0.1, 0.15) is 30.6 Å². The number of amides is 1. The molecule has 0 saturated heterocycles. The molecule has 6 heteroatoms. The molecule has 0 saturated carbocycles. The van der Waals surface area contributed by atoms with Crippen molar-refractivity contribution in [1.82, 2.24) is 5.32 Å². The first kappa shape index (κ1) is 17.7. The number of rotatable bonds is 5. The first-order valence-corrected chi connectivity index (χ1v) is 8.07. The number of hydrogen-bond acceptors (Lipinski definition) is 4. The number of para-hydroxylation sites is 2. The monoisotopic (exact) mass is 344 g/mol. The number of phenolic OH excluding ortho intramolecular Hbond substituents is 1. The molecular weight excluding hydrogens is 324 g/mol. The Morgan fingerprint density at radius 1 is 1.21 bits per heavy atom. The molecule has 0 fully saturated rings. The van der Waals surface area contributed by atoms with Crippen molar-refractivity contribution in [2.75, 3.05) is 5.32 Å². The van der Waals surface area contributed by atoms with Crippen LogP contribution in [0.4, 0.5) is 5.69 Å². The Bertz CT molecular complexity index is 716. The molecule has 0 aliphatic carbocycles. The summed E-state index contributed by atoms with van der Waals surface area (Å²) in [7, 11) is 0. The Balaban J connectivity index is 1.94. The summed E-state index contributed by atoms with van der Waals surface area (Å²) in [6.07, 6.45) is 1.04. The van der Waals surface area contributed by atoms with E-state index in [2.05, 4.69) is 10.6 Å². The number of thiocarbonyl (C=S) groups is 1. The smallest absolute Gasteiger partial charge is 0.257 e. The van der Waals surface area contributed by atoms with E-state index < -0.39 is 0 Å². The van der Waals surface area contributed by atoms with Crippen molar-refractivity contribution in [3.8, 4) is 11.5 Å². The predicted molar refractivity (Wildman–Crippen MR) is 98.6 cm³/mol. The van der Waals surface area contributed by atoms with Gasteiger partial charge in [0, 0.05) is 5.56 Å². The lowest BCUT2D eigenvalue weighted by Gasteiger charge is -2.13. The minimum Gasteiger partial charge on any atom is -0.506 e. The summed E-state index contributed by atoms with van der Waals surface area (Å²) in [5.41, 5.74) is 0.896. The second-order valence-corrected chi connectivity index (χ2v) is 5.69. The van der Waals surface area contributed by atoms with Crippen LogP contribution in [0.25, 0.3) is 0 Å². The van der Waals surface area contributed by atoms with E-state index in [0.717, 1.165) is 12.2 Å². The molecule has 1 unspecified atom stereocenters. The number of aromatic hydroxyl groups is 1. The molecule has 0 spiro atoms. The molecule has 3 N–H and O–H groups in total. The van der Waals surface area contributed by atoms with Crippen LogP contribution in [0.15, 0.2) is 48.5 Å². The summed E-state index contributed by atoms with van der Waals surface area (Å²) in [6.45, 7) is 4.04. The molecule has 0 heterocycles. The highest BCUT2D eigenvalue weighted by Gasteiger charge is 2.10. The molecule has 2 aromatic carbocycles. The van der Waals surface area contributed by atoms with Crippen LogP contribution in [0, 0.1) is 0 Å². The Hall–Kier alpha value is -2.60. The number of anilines is 1. The fourth-order valence-corrected chi connectivity index (χ4v) is 2.11. The van der Waals surface area contributed by atoms with E-state index >= 15 is 0 Å². The Labute approximate surface area is 146 Å². The molecule has 126 valence electrons. The topological polar surface area (TPSA) is 70.6 Å². The number of hydrogen-bond donors (Lipinski definition) is 3. The molecule has 2 rings (SSSR count). The summed E-state index contributed by atoms with van der Waals surface area (Å²) < 4.78 is 5.67. The molecule has 0 bridgehead atoms. The molecule has 0 aromatic heterocycles. The normalized spacial score (nSPS) is 11.4. The van der Waals surface area contributed by atoms with E-state index in [4.69, 9.17) is 17.0 Å². The van der Waals surface area contributed by atoms with Gasteiger partial charge in [0.1, 0.15) is 11.5 Å². The highest BCUT2D eigenvalue weighted by atomic mass is 32.1. The van der Waals surface area contributed by atoms with Gasteiger partial charge in [-0.05, 0) is 62.0 Å². The fourth-order valence-electron chi connectivity index (χ4n) is 1.91. The Kier molecular flexibility index (Phi) is 6.14. The van der Waals surface area contributed by atoms with Gasteiger partial charge in [0.05, 0.1) is 11.8 Å². The lowest BCUT2D eigenvalue weighted by molar-refractivity contribution is 0.0977. The van der Waals surface area contributed by atoms with Crippen LogP contribution in [0.2, 0.25) is 0 Å². The van der Waals surface area contributed by atoms with Crippen LogP contribution in [0.5, 0.6) is 11.5 Å². The molecule has 1 atom stereocenters. The third kappa shape index (κ3) is 4.96. The summed E-state index contributed by atoms with van der Waals surface area (Å²) >= 11 is 5.09. The van der Waals surface area contributed by atoms with Gasteiger partial charge in [-0.2, -0.15) is 0 Å². The molecular formula is C18H20N2O3S.